The number of benzene rings is 1. The Labute approximate surface area is 163 Å². The number of amides is 1. The largest absolute Gasteiger partial charge is 0.469 e. The van der Waals surface area contributed by atoms with Gasteiger partial charge in [-0.3, -0.25) is 9.59 Å². The molecule has 0 heterocycles. The summed E-state index contributed by atoms with van der Waals surface area (Å²) in [5.74, 6) is -0.530. The smallest absolute Gasteiger partial charge is 0.307 e. The first-order valence-corrected chi connectivity index (χ1v) is 10.1. The molecule has 0 fully saturated rings. The van der Waals surface area contributed by atoms with Gasteiger partial charge in [0.05, 0.1) is 13.5 Å². The van der Waals surface area contributed by atoms with Gasteiger partial charge in [-0.15, -0.1) is 0 Å². The van der Waals surface area contributed by atoms with Crippen LogP contribution >= 0.6 is 0 Å². The van der Waals surface area contributed by atoms with Crippen LogP contribution in [0.4, 0.5) is 0 Å². The fraction of sp³-hybridized carbons (Fsp3) is 0.636. The average molecular weight is 378 g/mol. The van der Waals surface area contributed by atoms with Gasteiger partial charge < -0.3 is 14.8 Å². The summed E-state index contributed by atoms with van der Waals surface area (Å²) in [6.07, 6.45) is 8.63. The second kappa shape index (κ2) is 14.2. The summed E-state index contributed by atoms with van der Waals surface area (Å²) >= 11 is 0. The minimum absolute atomic E-state index is 0.184. The zero-order chi connectivity index (χ0) is 19.9. The topological polar surface area (TPSA) is 64.6 Å². The van der Waals surface area contributed by atoms with Crippen molar-refractivity contribution < 1.29 is 19.1 Å². The van der Waals surface area contributed by atoms with Gasteiger partial charge in [-0.2, -0.15) is 0 Å². The van der Waals surface area contributed by atoms with E-state index < -0.39 is 6.10 Å². The molecule has 0 spiro atoms. The number of carbonyl (C=O) groups excluding carboxylic acids is 2. The fourth-order valence-electron chi connectivity index (χ4n) is 3.16. The molecule has 1 rings (SSSR count). The first kappa shape index (κ1) is 23.2. The van der Waals surface area contributed by atoms with E-state index in [0.717, 1.165) is 24.8 Å². The van der Waals surface area contributed by atoms with Gasteiger partial charge in [0.25, 0.3) is 5.91 Å². The number of esters is 1. The number of unbranched alkanes of at least 4 members (excludes halogenated alkanes) is 6. The van der Waals surface area contributed by atoms with Crippen molar-refractivity contribution in [1.29, 1.82) is 0 Å². The Balaban J connectivity index is 2.54. The third-order valence-electron chi connectivity index (χ3n) is 4.72. The maximum Gasteiger partial charge on any atom is 0.307 e. The molecule has 1 amide bonds. The van der Waals surface area contributed by atoms with Crippen LogP contribution in [0.2, 0.25) is 0 Å². The molecule has 2 atom stereocenters. The highest BCUT2D eigenvalue weighted by atomic mass is 16.5. The van der Waals surface area contributed by atoms with Crippen molar-refractivity contribution in [2.75, 3.05) is 14.2 Å². The molecule has 0 bridgehead atoms. The average Bonchev–Trinajstić information content (AvgIpc) is 2.68. The van der Waals surface area contributed by atoms with E-state index in [2.05, 4.69) is 12.2 Å². The predicted molar refractivity (Wildman–Crippen MR) is 107 cm³/mol. The lowest BCUT2D eigenvalue weighted by Crippen LogP contribution is -2.40. The molecule has 27 heavy (non-hydrogen) atoms. The normalized spacial score (nSPS) is 13.0. The van der Waals surface area contributed by atoms with E-state index in [-0.39, 0.29) is 24.3 Å². The molecular formula is C22H35NO4. The third kappa shape index (κ3) is 9.57. The second-order valence-electron chi connectivity index (χ2n) is 6.92. The summed E-state index contributed by atoms with van der Waals surface area (Å²) in [5.41, 5.74) is 0.797. The maximum absolute atomic E-state index is 12.7. The second-order valence-corrected chi connectivity index (χ2v) is 6.92. The summed E-state index contributed by atoms with van der Waals surface area (Å²) in [7, 11) is 2.89. The number of hydrogen-bond acceptors (Lipinski definition) is 4. The SMILES string of the molecule is CCCCCCCCC[C@H](CC(=O)OC)NC(=O)C(OC)c1ccccc1. The van der Waals surface area contributed by atoms with Crippen LogP contribution in [0.25, 0.3) is 0 Å². The number of ether oxygens (including phenoxy) is 2. The molecule has 1 aromatic carbocycles. The van der Waals surface area contributed by atoms with Crippen LogP contribution in [-0.4, -0.2) is 32.1 Å². The number of hydrogen-bond donors (Lipinski definition) is 1. The minimum atomic E-state index is -0.680. The van der Waals surface area contributed by atoms with Crippen molar-refractivity contribution in [3.8, 4) is 0 Å². The summed E-state index contributed by atoms with van der Waals surface area (Å²) in [4.78, 5) is 24.4. The molecule has 152 valence electrons. The molecule has 5 heteroatoms. The lowest BCUT2D eigenvalue weighted by Gasteiger charge is -2.22. The van der Waals surface area contributed by atoms with Crippen LogP contribution in [-0.2, 0) is 19.1 Å². The van der Waals surface area contributed by atoms with Crippen LogP contribution in [0, 0.1) is 0 Å². The highest BCUT2D eigenvalue weighted by Gasteiger charge is 2.24. The summed E-state index contributed by atoms with van der Waals surface area (Å²) in [6, 6.07) is 9.13. The molecule has 5 nitrogen and oxygen atoms in total. The summed E-state index contributed by atoms with van der Waals surface area (Å²) in [6.45, 7) is 2.21. The van der Waals surface area contributed by atoms with E-state index in [1.807, 2.05) is 30.3 Å². The van der Waals surface area contributed by atoms with Crippen molar-refractivity contribution >= 4 is 11.9 Å². The van der Waals surface area contributed by atoms with Crippen molar-refractivity contribution in [3.63, 3.8) is 0 Å². The predicted octanol–water partition coefficient (Wildman–Crippen LogP) is 4.56. The molecular weight excluding hydrogens is 342 g/mol. The van der Waals surface area contributed by atoms with Crippen LogP contribution in [0.3, 0.4) is 0 Å². The Morgan fingerprint density at radius 3 is 2.19 bits per heavy atom. The van der Waals surface area contributed by atoms with Crippen LogP contribution < -0.4 is 5.32 Å². The number of rotatable bonds is 14. The van der Waals surface area contributed by atoms with Crippen LogP contribution in [0.1, 0.15) is 76.4 Å². The zero-order valence-corrected chi connectivity index (χ0v) is 17.0. The van der Waals surface area contributed by atoms with E-state index in [1.54, 1.807) is 0 Å². The van der Waals surface area contributed by atoms with Gasteiger partial charge in [-0.25, -0.2) is 0 Å². The van der Waals surface area contributed by atoms with Gasteiger partial charge in [0, 0.05) is 13.2 Å². The molecule has 1 aromatic rings. The molecule has 0 aliphatic carbocycles. The van der Waals surface area contributed by atoms with Gasteiger partial charge in [0.2, 0.25) is 0 Å². The Morgan fingerprint density at radius 2 is 1.59 bits per heavy atom. The third-order valence-corrected chi connectivity index (χ3v) is 4.72. The van der Waals surface area contributed by atoms with E-state index in [4.69, 9.17) is 9.47 Å². The molecule has 0 aliphatic heterocycles. The molecule has 0 aromatic heterocycles. The highest BCUT2D eigenvalue weighted by Crippen LogP contribution is 2.18. The summed E-state index contributed by atoms with van der Waals surface area (Å²) < 4.78 is 10.2. The quantitative estimate of drug-likeness (QED) is 0.381. The first-order chi connectivity index (χ1) is 13.1. The number of carbonyl (C=O) groups is 2. The van der Waals surface area contributed by atoms with Crippen molar-refractivity contribution in [2.24, 2.45) is 0 Å². The molecule has 0 aliphatic rings. The van der Waals surface area contributed by atoms with E-state index in [9.17, 15) is 9.59 Å². The zero-order valence-electron chi connectivity index (χ0n) is 17.0. The maximum atomic E-state index is 12.7. The van der Waals surface area contributed by atoms with Gasteiger partial charge >= 0.3 is 5.97 Å². The van der Waals surface area contributed by atoms with Gasteiger partial charge in [-0.05, 0) is 12.0 Å². The number of methoxy groups -OCH3 is 2. The van der Waals surface area contributed by atoms with Crippen LogP contribution in [0.5, 0.6) is 0 Å². The Morgan fingerprint density at radius 1 is 0.963 bits per heavy atom. The van der Waals surface area contributed by atoms with Gasteiger partial charge in [0.15, 0.2) is 6.10 Å². The van der Waals surface area contributed by atoms with E-state index in [0.29, 0.717) is 0 Å². The van der Waals surface area contributed by atoms with Gasteiger partial charge in [0.1, 0.15) is 0 Å². The highest BCUT2D eigenvalue weighted by molar-refractivity contribution is 5.83. The van der Waals surface area contributed by atoms with Crippen molar-refractivity contribution in [3.05, 3.63) is 35.9 Å². The standard InChI is InChI=1S/C22H35NO4/c1-4-5-6-7-8-9-13-16-19(17-20(24)26-2)23-22(25)21(27-3)18-14-11-10-12-15-18/h10-12,14-15,19,21H,4-9,13,16-17H2,1-3H3,(H,23,25)/t19-,21?/m1/s1. The summed E-state index contributed by atoms with van der Waals surface area (Å²) in [5, 5.41) is 2.98. The van der Waals surface area contributed by atoms with E-state index >= 15 is 0 Å². The molecule has 1 N–H and O–H groups in total. The Bertz CT molecular complexity index is 532. The van der Waals surface area contributed by atoms with E-state index in [1.165, 1.54) is 46.3 Å². The monoisotopic (exact) mass is 377 g/mol. The molecule has 0 saturated carbocycles. The molecule has 0 radical (unpaired) electrons. The minimum Gasteiger partial charge on any atom is -0.469 e. The van der Waals surface area contributed by atoms with Crippen LogP contribution in [0.15, 0.2) is 30.3 Å². The molecule has 0 saturated heterocycles. The lowest BCUT2D eigenvalue weighted by molar-refractivity contribution is -0.141. The first-order valence-electron chi connectivity index (χ1n) is 10.1. The molecule has 1 unspecified atom stereocenters. The Hall–Kier alpha value is -1.88. The van der Waals surface area contributed by atoms with Crippen molar-refractivity contribution in [2.45, 2.75) is 76.9 Å². The fourth-order valence-corrected chi connectivity index (χ4v) is 3.16. The number of nitrogens with one attached hydrogen (secondary N) is 1. The van der Waals surface area contributed by atoms with Crippen molar-refractivity contribution in [1.82, 2.24) is 5.32 Å². The Kier molecular flexibility index (Phi) is 12.2. The lowest BCUT2D eigenvalue weighted by atomic mass is 10.0. The van der Waals surface area contributed by atoms with Gasteiger partial charge in [-0.1, -0.05) is 82.2 Å².